The Kier molecular flexibility index (Phi) is 6.09. The van der Waals surface area contributed by atoms with Crippen LogP contribution in [0.1, 0.15) is 46.6 Å². The third-order valence-electron chi connectivity index (χ3n) is 6.51. The van der Waals surface area contributed by atoms with Crippen LogP contribution >= 0.6 is 0 Å². The molecule has 1 aliphatic rings. The molecule has 0 radical (unpaired) electrons. The number of Topliss-reactive ketones (excluding diaryl/α,β-unsaturated/α-hetero) is 1. The maximum atomic E-state index is 15.0. The smallest absolute Gasteiger partial charge is 0.185 e. The monoisotopic (exact) mass is 497 g/mol. The highest BCUT2D eigenvalue weighted by molar-refractivity contribution is 7.93. The zero-order valence-electron chi connectivity index (χ0n) is 19.5. The molecule has 0 aliphatic carbocycles. The first-order valence-corrected chi connectivity index (χ1v) is 12.6. The van der Waals surface area contributed by atoms with Gasteiger partial charge in [0.1, 0.15) is 28.7 Å². The first-order valence-electron chi connectivity index (χ1n) is 10.9. The second-order valence-electron chi connectivity index (χ2n) is 9.21. The summed E-state index contributed by atoms with van der Waals surface area (Å²) in [6.07, 6.45) is 0.814. The highest BCUT2D eigenvalue weighted by Crippen LogP contribution is 2.43. The number of hydrogen-bond acceptors (Lipinski definition) is 6. The van der Waals surface area contributed by atoms with E-state index in [2.05, 4.69) is 9.98 Å². The first kappa shape index (κ1) is 24.7. The lowest BCUT2D eigenvalue weighted by Crippen LogP contribution is -2.54. The average Bonchev–Trinajstić information content (AvgIpc) is 2.78. The number of halogens is 2. The van der Waals surface area contributed by atoms with Crippen LogP contribution in [-0.2, 0) is 26.5 Å². The van der Waals surface area contributed by atoms with Crippen LogP contribution in [0.4, 0.5) is 8.78 Å². The molecule has 1 aromatic heterocycles. The molecule has 3 aromatic rings. The summed E-state index contributed by atoms with van der Waals surface area (Å²) in [6.45, 7) is 4.87. The van der Waals surface area contributed by atoms with E-state index >= 15 is 4.39 Å². The molecule has 0 fully saturated rings. The van der Waals surface area contributed by atoms with E-state index in [-0.39, 0.29) is 29.3 Å². The van der Waals surface area contributed by atoms with Crippen LogP contribution in [0.3, 0.4) is 0 Å². The highest BCUT2D eigenvalue weighted by atomic mass is 32.2. The summed E-state index contributed by atoms with van der Waals surface area (Å²) in [5.41, 5.74) is 6.70. The number of benzene rings is 2. The molecule has 2 N–H and O–H groups in total. The summed E-state index contributed by atoms with van der Waals surface area (Å²) in [5.74, 6) is -2.22. The van der Waals surface area contributed by atoms with Crippen molar-refractivity contribution in [1.29, 1.82) is 0 Å². The van der Waals surface area contributed by atoms with Gasteiger partial charge in [-0.15, -0.1) is 0 Å². The van der Waals surface area contributed by atoms with Gasteiger partial charge >= 0.3 is 0 Å². The van der Waals surface area contributed by atoms with Crippen LogP contribution in [0.2, 0.25) is 0 Å². The minimum absolute atomic E-state index is 0.0210. The van der Waals surface area contributed by atoms with Gasteiger partial charge < -0.3 is 5.73 Å². The second kappa shape index (κ2) is 8.64. The molecular formula is C26H25F2N3O3S. The largest absolute Gasteiger partial charge is 0.386 e. The summed E-state index contributed by atoms with van der Waals surface area (Å²) in [6, 6.07) is 13.5. The number of amidine groups is 1. The number of aryl methyl sites for hydroxylation is 1. The van der Waals surface area contributed by atoms with Gasteiger partial charge in [-0.05, 0) is 56.2 Å². The van der Waals surface area contributed by atoms with Gasteiger partial charge in [0.25, 0.3) is 0 Å². The third kappa shape index (κ3) is 4.36. The van der Waals surface area contributed by atoms with Gasteiger partial charge in [-0.1, -0.05) is 35.9 Å². The number of nitrogens with two attached hydrogens (primary N) is 1. The van der Waals surface area contributed by atoms with Crippen molar-refractivity contribution in [3.05, 3.63) is 100 Å². The van der Waals surface area contributed by atoms with Gasteiger partial charge in [-0.3, -0.25) is 14.8 Å². The molecule has 2 aromatic carbocycles. The fraction of sp³-hybridized carbons (Fsp3) is 0.269. The molecule has 0 saturated carbocycles. The van der Waals surface area contributed by atoms with Crippen molar-refractivity contribution in [1.82, 2.24) is 4.98 Å². The summed E-state index contributed by atoms with van der Waals surface area (Å²) < 4.78 is 53.8. The number of hydrogen-bond donors (Lipinski definition) is 1. The molecule has 0 saturated heterocycles. The Labute approximate surface area is 202 Å². The molecule has 182 valence electrons. The van der Waals surface area contributed by atoms with Gasteiger partial charge in [0.05, 0.1) is 11.9 Å². The molecule has 0 amide bonds. The molecule has 6 nitrogen and oxygen atoms in total. The topological polar surface area (TPSA) is 102 Å². The van der Waals surface area contributed by atoms with E-state index in [1.54, 1.807) is 18.2 Å². The van der Waals surface area contributed by atoms with Crippen molar-refractivity contribution in [3.8, 4) is 0 Å². The van der Waals surface area contributed by atoms with Crippen molar-refractivity contribution >= 4 is 21.5 Å². The molecule has 0 bridgehead atoms. The summed E-state index contributed by atoms with van der Waals surface area (Å²) >= 11 is 0. The Bertz CT molecular complexity index is 1450. The highest BCUT2D eigenvalue weighted by Gasteiger charge is 2.53. The van der Waals surface area contributed by atoms with Crippen LogP contribution in [0.15, 0.2) is 65.8 Å². The Hall–Kier alpha value is -3.46. The molecule has 0 spiro atoms. The minimum Gasteiger partial charge on any atom is -0.386 e. The fourth-order valence-electron chi connectivity index (χ4n) is 4.40. The zero-order valence-corrected chi connectivity index (χ0v) is 20.4. The zero-order chi connectivity index (χ0) is 25.6. The maximum Gasteiger partial charge on any atom is 0.185 e. The Morgan fingerprint density at radius 1 is 1.09 bits per heavy atom. The molecule has 2 atom stereocenters. The lowest BCUT2D eigenvalue weighted by molar-refractivity contribution is 0.0988. The quantitative estimate of drug-likeness (QED) is 0.537. The maximum absolute atomic E-state index is 15.0. The van der Waals surface area contributed by atoms with Crippen LogP contribution < -0.4 is 5.73 Å². The molecule has 2 heterocycles. The molecule has 0 unspecified atom stereocenters. The second-order valence-corrected chi connectivity index (χ2v) is 11.5. The van der Waals surface area contributed by atoms with Gasteiger partial charge in [0.15, 0.2) is 20.4 Å². The van der Waals surface area contributed by atoms with E-state index in [4.69, 9.17) is 5.73 Å². The van der Waals surface area contributed by atoms with Crippen molar-refractivity contribution in [2.24, 2.45) is 10.7 Å². The molecule has 1 aliphatic heterocycles. The number of sulfone groups is 1. The standard InChI is InChI=1S/C26H25F2N3O3S/c1-16-5-4-6-18(11-16)26(3)24(29)31-25(2,15-35(26,33)34)20-12-17(7-9-21(20)28)13-23(32)22-10-8-19(27)14-30-22/h4-12,14H,13,15H2,1-3H3,(H2,29,31)/t25-,26-/m0/s1. The van der Waals surface area contributed by atoms with Crippen molar-refractivity contribution in [2.75, 3.05) is 5.75 Å². The molecule has 4 rings (SSSR count). The van der Waals surface area contributed by atoms with E-state index < -0.39 is 37.5 Å². The normalized spacial score (nSPS) is 23.5. The SMILES string of the molecule is Cc1cccc([C@@]2(C)C(N)=N[C@](C)(c3cc(CC(=O)c4ccc(F)cn4)ccc3F)CS2(=O)=O)c1. The number of aliphatic imine (C=N–C) groups is 1. The number of rotatable bonds is 5. The third-order valence-corrected chi connectivity index (χ3v) is 9.14. The number of ketones is 1. The Balaban J connectivity index is 1.74. The van der Waals surface area contributed by atoms with Gasteiger partial charge in [0, 0.05) is 12.0 Å². The predicted molar refractivity (Wildman–Crippen MR) is 130 cm³/mol. The first-order chi connectivity index (χ1) is 16.4. The fourth-order valence-corrected chi connectivity index (χ4v) is 6.50. The predicted octanol–water partition coefficient (Wildman–Crippen LogP) is 4.01. The lowest BCUT2D eigenvalue weighted by Gasteiger charge is -2.40. The van der Waals surface area contributed by atoms with Gasteiger partial charge in [0.2, 0.25) is 0 Å². The van der Waals surface area contributed by atoms with Crippen LogP contribution in [-0.4, -0.2) is 30.8 Å². The molecule has 9 heteroatoms. The number of carbonyl (C=O) groups excluding carboxylic acids is 1. The Morgan fingerprint density at radius 3 is 2.46 bits per heavy atom. The number of aromatic nitrogens is 1. The molecule has 35 heavy (non-hydrogen) atoms. The van der Waals surface area contributed by atoms with Crippen LogP contribution in [0.5, 0.6) is 0 Å². The van der Waals surface area contributed by atoms with E-state index in [1.807, 2.05) is 13.0 Å². The number of nitrogens with zero attached hydrogens (tertiary/aromatic N) is 2. The van der Waals surface area contributed by atoms with Crippen LogP contribution in [0.25, 0.3) is 0 Å². The summed E-state index contributed by atoms with van der Waals surface area (Å²) in [7, 11) is -3.93. The van der Waals surface area contributed by atoms with E-state index in [0.29, 0.717) is 11.1 Å². The Morgan fingerprint density at radius 2 is 1.83 bits per heavy atom. The summed E-state index contributed by atoms with van der Waals surface area (Å²) in [4.78, 5) is 20.9. The van der Waals surface area contributed by atoms with Crippen molar-refractivity contribution in [2.45, 2.75) is 37.5 Å². The van der Waals surface area contributed by atoms with Crippen molar-refractivity contribution in [3.63, 3.8) is 0 Å². The van der Waals surface area contributed by atoms with Gasteiger partial charge in [-0.25, -0.2) is 17.2 Å². The van der Waals surface area contributed by atoms with Crippen LogP contribution in [0, 0.1) is 18.6 Å². The molecular weight excluding hydrogens is 472 g/mol. The minimum atomic E-state index is -3.93. The average molecular weight is 498 g/mol. The number of carbonyl (C=O) groups is 1. The van der Waals surface area contributed by atoms with Gasteiger partial charge in [-0.2, -0.15) is 0 Å². The van der Waals surface area contributed by atoms with E-state index in [0.717, 1.165) is 17.8 Å². The van der Waals surface area contributed by atoms with E-state index in [9.17, 15) is 17.6 Å². The van der Waals surface area contributed by atoms with E-state index in [1.165, 1.54) is 38.1 Å². The summed E-state index contributed by atoms with van der Waals surface area (Å²) in [5, 5.41) is 0. The number of pyridine rings is 1. The van der Waals surface area contributed by atoms with Crippen molar-refractivity contribution < 1.29 is 22.0 Å². The lowest BCUT2D eigenvalue weighted by atomic mass is 9.89.